The van der Waals surface area contributed by atoms with Crippen molar-refractivity contribution in [3.05, 3.63) is 58.8 Å². The maximum atomic E-state index is 11.0. The Hall–Kier alpha value is -2.40. The van der Waals surface area contributed by atoms with Gasteiger partial charge in [-0.2, -0.15) is 0 Å². The molecule has 1 aliphatic rings. The zero-order valence-electron chi connectivity index (χ0n) is 11.0. The van der Waals surface area contributed by atoms with E-state index in [9.17, 15) is 4.79 Å². The molecule has 2 aromatic rings. The summed E-state index contributed by atoms with van der Waals surface area (Å²) in [6.45, 7) is 2.60. The number of pyridine rings is 1. The molecule has 0 radical (unpaired) electrons. The number of benzene rings is 1. The van der Waals surface area contributed by atoms with Crippen LogP contribution in [0.5, 0.6) is 0 Å². The van der Waals surface area contributed by atoms with Gasteiger partial charge in [0.25, 0.3) is 0 Å². The topological polar surface area (TPSA) is 80.0 Å². The monoisotopic (exact) mass is 268 g/mol. The quantitative estimate of drug-likeness (QED) is 0.783. The van der Waals surface area contributed by atoms with E-state index in [2.05, 4.69) is 33.8 Å². The molecule has 102 valence electrons. The molecule has 0 atom stereocenters. The molecule has 5 heteroatoms. The van der Waals surface area contributed by atoms with Crippen molar-refractivity contribution in [1.82, 2.24) is 10.3 Å². The predicted octanol–water partition coefficient (Wildman–Crippen LogP) is 1.40. The Balaban J connectivity index is 1.65. The summed E-state index contributed by atoms with van der Waals surface area (Å²) in [6.07, 6.45) is 1.48. The lowest BCUT2D eigenvalue weighted by Gasteiger charge is -2.07. The van der Waals surface area contributed by atoms with Crippen molar-refractivity contribution in [2.24, 2.45) is 5.73 Å². The first-order valence-corrected chi connectivity index (χ1v) is 6.53. The first-order chi connectivity index (χ1) is 9.72. The summed E-state index contributed by atoms with van der Waals surface area (Å²) in [5.74, 6) is 0.267. The number of carbonyl (C=O) groups is 1. The fourth-order valence-electron chi connectivity index (χ4n) is 2.29. The Morgan fingerprint density at radius 2 is 2.10 bits per heavy atom. The van der Waals surface area contributed by atoms with Crippen LogP contribution >= 0.6 is 0 Å². The van der Waals surface area contributed by atoms with Crippen LogP contribution in [0.2, 0.25) is 0 Å². The van der Waals surface area contributed by atoms with Gasteiger partial charge in [0.2, 0.25) is 5.91 Å². The van der Waals surface area contributed by atoms with Crippen LogP contribution in [0.1, 0.15) is 27.0 Å². The third-order valence-corrected chi connectivity index (χ3v) is 3.42. The third kappa shape index (κ3) is 2.62. The molecule has 4 N–H and O–H groups in total. The smallest absolute Gasteiger partial charge is 0.250 e. The number of carbonyl (C=O) groups excluding carboxylic acids is 1. The van der Waals surface area contributed by atoms with E-state index in [1.54, 1.807) is 12.1 Å². The van der Waals surface area contributed by atoms with Crippen molar-refractivity contribution in [3.8, 4) is 0 Å². The molecule has 0 bridgehead atoms. The summed E-state index contributed by atoms with van der Waals surface area (Å²) in [7, 11) is 0. The van der Waals surface area contributed by atoms with Gasteiger partial charge >= 0.3 is 0 Å². The Morgan fingerprint density at radius 3 is 2.85 bits per heavy atom. The molecule has 0 saturated carbocycles. The second kappa shape index (κ2) is 5.30. The van der Waals surface area contributed by atoms with Crippen molar-refractivity contribution in [3.63, 3.8) is 0 Å². The highest BCUT2D eigenvalue weighted by molar-refractivity contribution is 5.92. The number of hydrogen-bond donors (Lipinski definition) is 3. The van der Waals surface area contributed by atoms with Gasteiger partial charge in [-0.1, -0.05) is 18.2 Å². The Labute approximate surface area is 117 Å². The molecule has 1 amide bonds. The number of aromatic nitrogens is 1. The van der Waals surface area contributed by atoms with Crippen LogP contribution in [0.3, 0.4) is 0 Å². The fraction of sp³-hybridized carbons (Fsp3) is 0.200. The van der Waals surface area contributed by atoms with Crippen molar-refractivity contribution in [2.75, 3.05) is 5.32 Å². The van der Waals surface area contributed by atoms with E-state index in [1.165, 1.54) is 22.9 Å². The Kier molecular flexibility index (Phi) is 3.35. The zero-order chi connectivity index (χ0) is 13.9. The maximum absolute atomic E-state index is 11.0. The van der Waals surface area contributed by atoms with Gasteiger partial charge in [-0.3, -0.25) is 4.79 Å². The van der Waals surface area contributed by atoms with Crippen molar-refractivity contribution < 1.29 is 4.79 Å². The SMILES string of the molecule is NC(=O)c1ccc(NCc2ccc3c(c2)CNC3)nc1. The van der Waals surface area contributed by atoms with Gasteiger partial charge in [-0.25, -0.2) is 4.98 Å². The number of amides is 1. The van der Waals surface area contributed by atoms with Crippen LogP contribution < -0.4 is 16.4 Å². The van der Waals surface area contributed by atoms with Gasteiger partial charge in [-0.15, -0.1) is 0 Å². The van der Waals surface area contributed by atoms with Crippen molar-refractivity contribution in [2.45, 2.75) is 19.6 Å². The lowest BCUT2D eigenvalue weighted by Crippen LogP contribution is -2.11. The van der Waals surface area contributed by atoms with Gasteiger partial charge in [0.1, 0.15) is 5.82 Å². The van der Waals surface area contributed by atoms with Gasteiger partial charge < -0.3 is 16.4 Å². The Bertz CT molecular complexity index is 637. The van der Waals surface area contributed by atoms with E-state index in [4.69, 9.17) is 5.73 Å². The van der Waals surface area contributed by atoms with E-state index >= 15 is 0 Å². The van der Waals surface area contributed by atoms with Crippen LogP contribution in [-0.4, -0.2) is 10.9 Å². The van der Waals surface area contributed by atoms with E-state index in [1.807, 2.05) is 0 Å². The molecule has 0 saturated heterocycles. The molecule has 1 aromatic carbocycles. The minimum atomic E-state index is -0.463. The standard InChI is InChI=1S/C15H16N4O/c16-15(20)12-3-4-14(19-9-12)18-6-10-1-2-11-7-17-8-13(11)5-10/h1-5,9,17H,6-8H2,(H2,16,20)(H,18,19). The van der Waals surface area contributed by atoms with Crippen LogP contribution in [-0.2, 0) is 19.6 Å². The molecule has 20 heavy (non-hydrogen) atoms. The molecular weight excluding hydrogens is 252 g/mol. The number of nitrogens with two attached hydrogens (primary N) is 1. The minimum Gasteiger partial charge on any atom is -0.366 e. The van der Waals surface area contributed by atoms with E-state index < -0.39 is 5.91 Å². The molecule has 0 unspecified atom stereocenters. The number of hydrogen-bond acceptors (Lipinski definition) is 4. The lowest BCUT2D eigenvalue weighted by molar-refractivity contribution is 0.1000. The molecule has 1 aromatic heterocycles. The van der Waals surface area contributed by atoms with E-state index in [-0.39, 0.29) is 0 Å². The molecule has 0 fully saturated rings. The normalized spacial score (nSPS) is 13.0. The summed E-state index contributed by atoms with van der Waals surface area (Å²) >= 11 is 0. The van der Waals surface area contributed by atoms with Crippen molar-refractivity contribution in [1.29, 1.82) is 0 Å². The van der Waals surface area contributed by atoms with Crippen LogP contribution in [0, 0.1) is 0 Å². The second-order valence-electron chi connectivity index (χ2n) is 4.86. The fourth-order valence-corrected chi connectivity index (χ4v) is 2.29. The number of rotatable bonds is 4. The van der Waals surface area contributed by atoms with Gasteiger partial charge in [0.05, 0.1) is 5.56 Å². The summed E-state index contributed by atoms with van der Waals surface area (Å²) in [5.41, 5.74) is 9.54. The number of primary amides is 1. The third-order valence-electron chi connectivity index (χ3n) is 3.42. The van der Waals surface area contributed by atoms with Crippen LogP contribution in [0.25, 0.3) is 0 Å². The minimum absolute atomic E-state index is 0.416. The summed E-state index contributed by atoms with van der Waals surface area (Å²) in [5, 5.41) is 6.56. The van der Waals surface area contributed by atoms with Gasteiger partial charge in [0, 0.05) is 25.8 Å². The first-order valence-electron chi connectivity index (χ1n) is 6.53. The molecule has 5 nitrogen and oxygen atoms in total. The average Bonchev–Trinajstić information content (AvgIpc) is 2.93. The highest BCUT2D eigenvalue weighted by atomic mass is 16.1. The predicted molar refractivity (Wildman–Crippen MR) is 77.1 cm³/mol. The maximum Gasteiger partial charge on any atom is 0.250 e. The molecular formula is C15H16N4O. The Morgan fingerprint density at radius 1 is 1.25 bits per heavy atom. The van der Waals surface area contributed by atoms with E-state index in [0.717, 1.165) is 18.9 Å². The highest BCUT2D eigenvalue weighted by Gasteiger charge is 2.09. The molecule has 2 heterocycles. The number of nitrogens with zero attached hydrogens (tertiary/aromatic N) is 1. The number of fused-ring (bicyclic) bond motifs is 1. The second-order valence-corrected chi connectivity index (χ2v) is 4.86. The van der Waals surface area contributed by atoms with Gasteiger partial charge in [0.15, 0.2) is 0 Å². The zero-order valence-corrected chi connectivity index (χ0v) is 11.0. The van der Waals surface area contributed by atoms with Crippen LogP contribution in [0.15, 0.2) is 36.5 Å². The molecule has 3 rings (SSSR count). The molecule has 0 aliphatic carbocycles. The summed E-state index contributed by atoms with van der Waals surface area (Å²) < 4.78 is 0. The van der Waals surface area contributed by atoms with E-state index in [0.29, 0.717) is 12.1 Å². The highest BCUT2D eigenvalue weighted by Crippen LogP contribution is 2.17. The average molecular weight is 268 g/mol. The summed E-state index contributed by atoms with van der Waals surface area (Å²) in [6, 6.07) is 9.92. The number of nitrogens with one attached hydrogen (secondary N) is 2. The summed E-state index contributed by atoms with van der Waals surface area (Å²) in [4.78, 5) is 15.1. The largest absolute Gasteiger partial charge is 0.366 e. The lowest BCUT2D eigenvalue weighted by atomic mass is 10.1. The van der Waals surface area contributed by atoms with Gasteiger partial charge in [-0.05, 0) is 28.8 Å². The number of anilines is 1. The first kappa shape index (κ1) is 12.6. The van der Waals surface area contributed by atoms with Crippen LogP contribution in [0.4, 0.5) is 5.82 Å². The molecule has 1 aliphatic heterocycles. The molecule has 0 spiro atoms. The van der Waals surface area contributed by atoms with Crippen molar-refractivity contribution >= 4 is 11.7 Å².